The lowest BCUT2D eigenvalue weighted by atomic mass is 10.2. The first-order valence-corrected chi connectivity index (χ1v) is 3.39. The summed E-state index contributed by atoms with van der Waals surface area (Å²) in [7, 11) is 0. The van der Waals surface area contributed by atoms with Gasteiger partial charge in [-0.15, -0.1) is 5.73 Å². The first-order valence-electron chi connectivity index (χ1n) is 3.39. The van der Waals surface area contributed by atoms with E-state index in [4.69, 9.17) is 15.2 Å². The molecule has 0 amide bonds. The molecule has 0 bridgehead atoms. The van der Waals surface area contributed by atoms with Gasteiger partial charge in [0.15, 0.2) is 11.5 Å². The second kappa shape index (κ2) is 2.43. The molecule has 0 aromatic heterocycles. The van der Waals surface area contributed by atoms with Gasteiger partial charge in [0.05, 0.1) is 6.54 Å². The Balaban J connectivity index is 2.41. The van der Waals surface area contributed by atoms with Crippen LogP contribution < -0.4 is 15.2 Å². The lowest BCUT2D eigenvalue weighted by Gasteiger charge is -1.96. The van der Waals surface area contributed by atoms with Crippen LogP contribution in [0.5, 0.6) is 11.5 Å². The second-order valence-corrected chi connectivity index (χ2v) is 2.35. The van der Waals surface area contributed by atoms with E-state index in [-0.39, 0.29) is 13.3 Å². The van der Waals surface area contributed by atoms with E-state index in [2.05, 4.69) is 0 Å². The Morgan fingerprint density at radius 2 is 2.09 bits per heavy atom. The number of nitrogens with zero attached hydrogens (tertiary/aromatic N) is 1. The van der Waals surface area contributed by atoms with E-state index in [1.165, 1.54) is 0 Å². The topological polar surface area (TPSA) is 40.8 Å². The van der Waals surface area contributed by atoms with Gasteiger partial charge in [-0.25, -0.2) is 0 Å². The van der Waals surface area contributed by atoms with Gasteiger partial charge >= 0.3 is 0 Å². The maximum absolute atomic E-state index is 8.77. The Hall–Kier alpha value is -1.22. The van der Waals surface area contributed by atoms with E-state index < -0.39 is 0 Å². The van der Waals surface area contributed by atoms with Crippen molar-refractivity contribution in [1.82, 2.24) is 5.73 Å². The second-order valence-electron chi connectivity index (χ2n) is 2.35. The molecule has 0 atom stereocenters. The molecule has 2 radical (unpaired) electrons. The SMILES string of the molecule is [N]Cc1ccc2c(c1)OCO2. The van der Waals surface area contributed by atoms with Gasteiger partial charge in [0.1, 0.15) is 0 Å². The van der Waals surface area contributed by atoms with E-state index in [1.807, 2.05) is 6.07 Å². The maximum atomic E-state index is 8.77. The highest BCUT2D eigenvalue weighted by Gasteiger charge is 2.12. The monoisotopic (exact) mass is 149 g/mol. The van der Waals surface area contributed by atoms with Crippen LogP contribution in [0.4, 0.5) is 0 Å². The maximum Gasteiger partial charge on any atom is 0.231 e. The lowest BCUT2D eigenvalue weighted by molar-refractivity contribution is 0.174. The molecule has 1 heterocycles. The van der Waals surface area contributed by atoms with Gasteiger partial charge < -0.3 is 9.47 Å². The fourth-order valence-electron chi connectivity index (χ4n) is 1.04. The van der Waals surface area contributed by atoms with Crippen LogP contribution in [-0.2, 0) is 6.54 Å². The first kappa shape index (κ1) is 6.49. The number of ether oxygens (including phenoxy) is 2. The van der Waals surface area contributed by atoms with Crippen LogP contribution in [0.15, 0.2) is 18.2 Å². The zero-order valence-corrected chi connectivity index (χ0v) is 5.91. The van der Waals surface area contributed by atoms with Crippen LogP contribution in [0, 0.1) is 0 Å². The zero-order chi connectivity index (χ0) is 7.68. The molecule has 0 aliphatic carbocycles. The average molecular weight is 149 g/mol. The molecule has 0 saturated heterocycles. The minimum Gasteiger partial charge on any atom is -0.454 e. The Bertz CT molecular complexity index is 273. The molecule has 1 aromatic carbocycles. The number of rotatable bonds is 1. The predicted octanol–water partition coefficient (Wildman–Crippen LogP) is 0.984. The van der Waals surface area contributed by atoms with Crippen LogP contribution in [0.2, 0.25) is 0 Å². The van der Waals surface area contributed by atoms with Gasteiger partial charge in [0, 0.05) is 0 Å². The molecule has 1 aliphatic rings. The van der Waals surface area contributed by atoms with Crippen molar-refractivity contribution in [2.45, 2.75) is 6.54 Å². The van der Waals surface area contributed by atoms with Crippen molar-refractivity contribution in [2.24, 2.45) is 0 Å². The molecule has 0 N–H and O–H groups in total. The highest BCUT2D eigenvalue weighted by Crippen LogP contribution is 2.32. The van der Waals surface area contributed by atoms with Crippen LogP contribution in [-0.4, -0.2) is 6.79 Å². The summed E-state index contributed by atoms with van der Waals surface area (Å²) in [5, 5.41) is 0. The third kappa shape index (κ3) is 1.03. The molecule has 2 rings (SSSR count). The smallest absolute Gasteiger partial charge is 0.231 e. The minimum atomic E-state index is 0.0383. The number of hydrogen-bond donors (Lipinski definition) is 0. The summed E-state index contributed by atoms with van der Waals surface area (Å²) < 4.78 is 10.2. The third-order valence-electron chi connectivity index (χ3n) is 1.62. The van der Waals surface area contributed by atoms with Gasteiger partial charge in [-0.05, 0) is 17.7 Å². The predicted molar refractivity (Wildman–Crippen MR) is 38.4 cm³/mol. The lowest BCUT2D eigenvalue weighted by Crippen LogP contribution is -1.92. The van der Waals surface area contributed by atoms with Gasteiger partial charge in [-0.3, -0.25) is 0 Å². The quantitative estimate of drug-likeness (QED) is 0.597. The molecule has 11 heavy (non-hydrogen) atoms. The minimum absolute atomic E-state index is 0.0383. The number of benzene rings is 1. The van der Waals surface area contributed by atoms with Crippen molar-refractivity contribution in [3.8, 4) is 11.5 Å². The Labute approximate surface area is 64.7 Å². The molecule has 3 nitrogen and oxygen atoms in total. The Morgan fingerprint density at radius 1 is 1.27 bits per heavy atom. The summed E-state index contributed by atoms with van der Waals surface area (Å²) in [5.74, 6) is 1.47. The Kier molecular flexibility index (Phi) is 1.43. The van der Waals surface area contributed by atoms with Gasteiger partial charge in [-0.2, -0.15) is 0 Å². The highest BCUT2D eigenvalue weighted by molar-refractivity contribution is 5.44. The van der Waals surface area contributed by atoms with Crippen molar-refractivity contribution in [2.75, 3.05) is 6.79 Å². The average Bonchev–Trinajstić information content (AvgIpc) is 2.50. The molecular weight excluding hydrogens is 142 g/mol. The van der Waals surface area contributed by atoms with Crippen LogP contribution >= 0.6 is 0 Å². The number of hydrogen-bond acceptors (Lipinski definition) is 2. The van der Waals surface area contributed by atoms with Gasteiger partial charge in [0.2, 0.25) is 6.79 Å². The van der Waals surface area contributed by atoms with Crippen molar-refractivity contribution in [3.05, 3.63) is 23.8 Å². The fraction of sp³-hybridized carbons (Fsp3) is 0.250. The molecule has 1 aromatic rings. The summed E-state index contributed by atoms with van der Waals surface area (Å²) in [4.78, 5) is 0. The van der Waals surface area contributed by atoms with Crippen molar-refractivity contribution < 1.29 is 9.47 Å². The molecule has 0 spiro atoms. The standard InChI is InChI=1S/C8H7NO2/c9-4-6-1-2-7-8(3-6)11-5-10-7/h1-3H,4-5H2. The summed E-state index contributed by atoms with van der Waals surface area (Å²) in [6.45, 7) is 0.320. The van der Waals surface area contributed by atoms with Crippen LogP contribution in [0.1, 0.15) is 5.56 Å². The zero-order valence-electron chi connectivity index (χ0n) is 5.91. The van der Waals surface area contributed by atoms with E-state index in [0.717, 1.165) is 17.1 Å². The van der Waals surface area contributed by atoms with E-state index in [9.17, 15) is 0 Å². The van der Waals surface area contributed by atoms with Crippen molar-refractivity contribution in [3.63, 3.8) is 0 Å². The summed E-state index contributed by atoms with van der Waals surface area (Å²) >= 11 is 0. The van der Waals surface area contributed by atoms with Gasteiger partial charge in [0.25, 0.3) is 0 Å². The summed E-state index contributed by atoms with van der Waals surface area (Å²) in [5.41, 5.74) is 9.61. The van der Waals surface area contributed by atoms with E-state index in [0.29, 0.717) is 0 Å². The number of fused-ring (bicyclic) bond motifs is 1. The molecule has 3 heteroatoms. The first-order chi connectivity index (χ1) is 5.40. The molecule has 0 fully saturated rings. The molecule has 0 unspecified atom stereocenters. The highest BCUT2D eigenvalue weighted by atomic mass is 16.7. The van der Waals surface area contributed by atoms with E-state index in [1.54, 1.807) is 12.1 Å². The molecular formula is C8H7NO2. The van der Waals surface area contributed by atoms with Crippen molar-refractivity contribution in [1.29, 1.82) is 0 Å². The molecule has 56 valence electrons. The molecule has 0 saturated carbocycles. The molecule has 1 aliphatic heterocycles. The summed E-state index contributed by atoms with van der Waals surface area (Å²) in [6, 6.07) is 5.39. The van der Waals surface area contributed by atoms with Crippen LogP contribution in [0.25, 0.3) is 0 Å². The largest absolute Gasteiger partial charge is 0.454 e. The van der Waals surface area contributed by atoms with Crippen molar-refractivity contribution >= 4 is 0 Å². The Morgan fingerprint density at radius 3 is 2.91 bits per heavy atom. The van der Waals surface area contributed by atoms with Crippen LogP contribution in [0.3, 0.4) is 0 Å². The fourth-order valence-corrected chi connectivity index (χ4v) is 1.04. The third-order valence-corrected chi connectivity index (χ3v) is 1.62. The normalized spacial score (nSPS) is 13.5. The summed E-state index contributed by atoms with van der Waals surface area (Å²) in [6.07, 6.45) is 0. The van der Waals surface area contributed by atoms with Gasteiger partial charge in [-0.1, -0.05) is 6.07 Å². The van der Waals surface area contributed by atoms with E-state index >= 15 is 0 Å².